The number of halogens is 2. The van der Waals surface area contributed by atoms with Crippen molar-refractivity contribution in [3.63, 3.8) is 0 Å². The zero-order chi connectivity index (χ0) is 33.3. The lowest BCUT2D eigenvalue weighted by Gasteiger charge is -2.21. The molecule has 252 valence electrons. The zero-order valence-electron chi connectivity index (χ0n) is 28.4. The molecule has 2 unspecified atom stereocenters. The Bertz CT molecular complexity index is 1350. The summed E-state index contributed by atoms with van der Waals surface area (Å²) in [5.41, 5.74) is 4.09. The number of nitrogens with one attached hydrogen (secondary N) is 2. The first-order valence-corrected chi connectivity index (χ1v) is 17.7. The predicted octanol–water partition coefficient (Wildman–Crippen LogP) is 8.98. The van der Waals surface area contributed by atoms with E-state index in [1.807, 2.05) is 60.9 Å². The Balaban J connectivity index is 0.000000250. The van der Waals surface area contributed by atoms with E-state index < -0.39 is 0 Å². The van der Waals surface area contributed by atoms with Gasteiger partial charge in [0.15, 0.2) is 0 Å². The van der Waals surface area contributed by atoms with Crippen LogP contribution in [0.2, 0.25) is 10.0 Å². The van der Waals surface area contributed by atoms with Crippen molar-refractivity contribution in [3.05, 3.63) is 71.0 Å². The summed E-state index contributed by atoms with van der Waals surface area (Å²) in [6, 6.07) is 16.6. The standard InChI is InChI=1S/C19H28ClN3.C18H26ClN3O/c1-4-12-23(5-2)13-6-7-15(3)22-18-10-11-21-19-14-16(20)8-9-17(18)19;1-3-22(11-12-23)10-4-5-14(2)21-17-8-9-20-18-13-15(19)6-7-16(17)18/h8-11,14-15H,4-7,12-13H2,1-3H3,(H,21,22);6-9,13-14,23H,3-5,10-12H2,1-2H3,(H,20,21). The van der Waals surface area contributed by atoms with Gasteiger partial charge in [0.25, 0.3) is 0 Å². The third-order valence-corrected chi connectivity index (χ3v) is 8.76. The number of fused-ring (bicyclic) bond motifs is 2. The monoisotopic (exact) mass is 668 g/mol. The van der Waals surface area contributed by atoms with Gasteiger partial charge < -0.3 is 25.5 Å². The Labute approximate surface area is 286 Å². The van der Waals surface area contributed by atoms with E-state index in [2.05, 4.69) is 65.0 Å². The molecule has 7 nitrogen and oxygen atoms in total. The summed E-state index contributed by atoms with van der Waals surface area (Å²) >= 11 is 12.1. The number of aromatic nitrogens is 2. The maximum absolute atomic E-state index is 9.02. The molecule has 0 aliphatic rings. The second-order valence-electron chi connectivity index (χ2n) is 12.0. The highest BCUT2D eigenvalue weighted by Gasteiger charge is 2.10. The van der Waals surface area contributed by atoms with Crippen molar-refractivity contribution in [3.8, 4) is 0 Å². The van der Waals surface area contributed by atoms with Crippen LogP contribution >= 0.6 is 23.2 Å². The Morgan fingerprint density at radius 3 is 1.54 bits per heavy atom. The SMILES string of the molecule is CCCN(CC)CCCC(C)Nc1ccnc2cc(Cl)ccc12.CCN(CCO)CCCC(C)Nc1ccnc2cc(Cl)ccc12. The molecular weight excluding hydrogens is 615 g/mol. The maximum Gasteiger partial charge on any atom is 0.0737 e. The molecule has 0 amide bonds. The van der Waals surface area contributed by atoms with Crippen molar-refractivity contribution in [2.75, 3.05) is 56.5 Å². The number of benzene rings is 2. The van der Waals surface area contributed by atoms with Gasteiger partial charge in [0.05, 0.1) is 17.6 Å². The van der Waals surface area contributed by atoms with Gasteiger partial charge in [-0.1, -0.05) is 44.0 Å². The second kappa shape index (κ2) is 20.5. The molecule has 46 heavy (non-hydrogen) atoms. The summed E-state index contributed by atoms with van der Waals surface area (Å²) in [4.78, 5) is 13.6. The molecular formula is C37H54Cl2N6O. The van der Waals surface area contributed by atoms with Crippen LogP contribution in [-0.4, -0.2) is 82.8 Å². The normalized spacial score (nSPS) is 12.7. The molecule has 0 spiro atoms. The molecule has 4 rings (SSSR count). The largest absolute Gasteiger partial charge is 0.395 e. The van der Waals surface area contributed by atoms with E-state index in [9.17, 15) is 0 Å². The number of hydrogen-bond acceptors (Lipinski definition) is 7. The van der Waals surface area contributed by atoms with E-state index in [1.54, 1.807) is 0 Å². The number of hydrogen-bond donors (Lipinski definition) is 3. The summed E-state index contributed by atoms with van der Waals surface area (Å²) in [7, 11) is 0. The Kier molecular flexibility index (Phi) is 16.9. The number of likely N-dealkylation sites (N-methyl/N-ethyl adjacent to an activating group) is 1. The first-order chi connectivity index (χ1) is 22.3. The van der Waals surface area contributed by atoms with Crippen LogP contribution < -0.4 is 10.6 Å². The minimum atomic E-state index is 0.229. The molecule has 0 aliphatic heterocycles. The Morgan fingerprint density at radius 2 is 1.13 bits per heavy atom. The van der Waals surface area contributed by atoms with E-state index in [4.69, 9.17) is 28.3 Å². The van der Waals surface area contributed by atoms with Gasteiger partial charge in [-0.2, -0.15) is 0 Å². The van der Waals surface area contributed by atoms with E-state index >= 15 is 0 Å². The van der Waals surface area contributed by atoms with Crippen molar-refractivity contribution in [2.45, 2.75) is 78.8 Å². The fourth-order valence-electron chi connectivity index (χ4n) is 5.73. The number of pyridine rings is 2. The summed E-state index contributed by atoms with van der Waals surface area (Å²) in [6.07, 6.45) is 9.46. The van der Waals surface area contributed by atoms with Gasteiger partial charge in [-0.05, 0) is 127 Å². The van der Waals surface area contributed by atoms with Gasteiger partial charge in [-0.3, -0.25) is 9.97 Å². The van der Waals surface area contributed by atoms with Crippen LogP contribution in [0.15, 0.2) is 60.9 Å². The molecule has 0 saturated heterocycles. The smallest absolute Gasteiger partial charge is 0.0737 e. The highest BCUT2D eigenvalue weighted by Crippen LogP contribution is 2.26. The molecule has 2 aromatic carbocycles. The summed E-state index contributed by atoms with van der Waals surface area (Å²) < 4.78 is 0. The number of anilines is 2. The van der Waals surface area contributed by atoms with Gasteiger partial charge in [0.1, 0.15) is 0 Å². The van der Waals surface area contributed by atoms with Gasteiger partial charge in [0.2, 0.25) is 0 Å². The Hall–Kier alpha value is -2.68. The highest BCUT2D eigenvalue weighted by molar-refractivity contribution is 6.31. The fourth-order valence-corrected chi connectivity index (χ4v) is 6.06. The molecule has 2 aromatic heterocycles. The quantitative estimate of drug-likeness (QED) is 0.0977. The van der Waals surface area contributed by atoms with Crippen molar-refractivity contribution in [1.82, 2.24) is 19.8 Å². The van der Waals surface area contributed by atoms with Crippen molar-refractivity contribution < 1.29 is 5.11 Å². The minimum absolute atomic E-state index is 0.229. The van der Waals surface area contributed by atoms with Crippen LogP contribution in [0.5, 0.6) is 0 Å². The van der Waals surface area contributed by atoms with E-state index in [0.717, 1.165) is 83.6 Å². The van der Waals surface area contributed by atoms with Gasteiger partial charge in [-0.15, -0.1) is 0 Å². The summed E-state index contributed by atoms with van der Waals surface area (Å²) in [5, 5.41) is 19.9. The average Bonchev–Trinajstić information content (AvgIpc) is 3.04. The Morgan fingerprint density at radius 1 is 0.674 bits per heavy atom. The van der Waals surface area contributed by atoms with Gasteiger partial charge >= 0.3 is 0 Å². The molecule has 0 fully saturated rings. The second-order valence-corrected chi connectivity index (χ2v) is 12.9. The number of rotatable bonds is 18. The summed E-state index contributed by atoms with van der Waals surface area (Å²) in [6.45, 7) is 17.6. The number of aliphatic hydroxyl groups excluding tert-OH is 1. The van der Waals surface area contributed by atoms with Crippen LogP contribution in [0.25, 0.3) is 21.8 Å². The van der Waals surface area contributed by atoms with Crippen molar-refractivity contribution in [1.29, 1.82) is 0 Å². The third-order valence-electron chi connectivity index (χ3n) is 8.29. The summed E-state index contributed by atoms with van der Waals surface area (Å²) in [5.74, 6) is 0. The molecule has 2 heterocycles. The van der Waals surface area contributed by atoms with Crippen LogP contribution in [0, 0.1) is 0 Å². The van der Waals surface area contributed by atoms with Crippen LogP contribution in [0.1, 0.15) is 66.7 Å². The lowest BCUT2D eigenvalue weighted by atomic mass is 10.1. The molecule has 0 radical (unpaired) electrons. The first-order valence-electron chi connectivity index (χ1n) is 16.9. The van der Waals surface area contributed by atoms with Crippen LogP contribution in [0.4, 0.5) is 11.4 Å². The van der Waals surface area contributed by atoms with Crippen molar-refractivity contribution >= 4 is 56.4 Å². The van der Waals surface area contributed by atoms with Crippen LogP contribution in [-0.2, 0) is 0 Å². The molecule has 0 bridgehead atoms. The molecule has 0 aliphatic carbocycles. The molecule has 0 saturated carbocycles. The topological polar surface area (TPSA) is 76.5 Å². The van der Waals surface area contributed by atoms with Crippen LogP contribution in [0.3, 0.4) is 0 Å². The third kappa shape index (κ3) is 12.5. The number of nitrogens with zero attached hydrogens (tertiary/aromatic N) is 4. The highest BCUT2D eigenvalue weighted by atomic mass is 35.5. The fraction of sp³-hybridized carbons (Fsp3) is 0.514. The lowest BCUT2D eigenvalue weighted by molar-refractivity contribution is 0.199. The van der Waals surface area contributed by atoms with E-state index in [-0.39, 0.29) is 6.61 Å². The number of aliphatic hydroxyl groups is 1. The van der Waals surface area contributed by atoms with Crippen molar-refractivity contribution in [2.24, 2.45) is 0 Å². The first kappa shape index (κ1) is 37.8. The minimum Gasteiger partial charge on any atom is -0.395 e. The molecule has 4 aromatic rings. The lowest BCUT2D eigenvalue weighted by Crippen LogP contribution is -2.28. The zero-order valence-corrected chi connectivity index (χ0v) is 29.9. The molecule has 3 N–H and O–H groups in total. The average molecular weight is 670 g/mol. The van der Waals surface area contributed by atoms with Gasteiger partial charge in [0, 0.05) is 63.2 Å². The van der Waals surface area contributed by atoms with Gasteiger partial charge in [-0.25, -0.2) is 0 Å². The van der Waals surface area contributed by atoms with E-state index in [0.29, 0.717) is 17.1 Å². The van der Waals surface area contributed by atoms with E-state index in [1.165, 1.54) is 25.9 Å². The maximum atomic E-state index is 9.02. The molecule has 9 heteroatoms. The predicted molar refractivity (Wildman–Crippen MR) is 200 cm³/mol. The molecule has 2 atom stereocenters.